The molecule has 0 bridgehead atoms. The Bertz CT molecular complexity index is 1610. The molecular weight excluding hydrogens is 612 g/mol. The fraction of sp³-hybridized carbons (Fsp3) is 0.514. The van der Waals surface area contributed by atoms with Crippen LogP contribution in [0.5, 0.6) is 11.5 Å². The number of amides is 1. The quantitative estimate of drug-likeness (QED) is 0.267. The maximum absolute atomic E-state index is 16.3. The molecule has 1 aliphatic heterocycles. The highest BCUT2D eigenvalue weighted by molar-refractivity contribution is 7.89. The van der Waals surface area contributed by atoms with E-state index >= 15 is 8.78 Å². The summed E-state index contributed by atoms with van der Waals surface area (Å²) in [5, 5.41) is 1.36. The molecule has 1 saturated heterocycles. The average Bonchev–Trinajstić information content (AvgIpc) is 3.57. The number of ether oxygens (including phenoxy) is 2. The number of alkyl halides is 2. The van der Waals surface area contributed by atoms with Gasteiger partial charge in [-0.05, 0) is 124 Å². The Morgan fingerprint density at radius 1 is 0.783 bits per heavy atom. The lowest BCUT2D eigenvalue weighted by Crippen LogP contribution is -2.57. The van der Waals surface area contributed by atoms with Gasteiger partial charge in [-0.3, -0.25) is 4.79 Å². The molecule has 3 fully saturated rings. The second-order valence-corrected chi connectivity index (χ2v) is 14.7. The standard InChI is InChI=1S/C35H43F2N3O5S/c36-35(37,26-12-15-30(16-13-26)44-28-6-2-1-3-7-28)33(34(41)40-20-18-27(38)19-21-40)39-46(42,43)32-17-11-24-22-31(14-10-25(24)23-32)45-29-8-4-5-9-29/h10-17,22-23,27-29,33,39H,1-9,18-21,38H2. The van der Waals surface area contributed by atoms with Crippen molar-refractivity contribution in [2.24, 2.45) is 5.73 Å². The summed E-state index contributed by atoms with van der Waals surface area (Å²) in [7, 11) is -4.55. The SMILES string of the molecule is NC1CCN(C(=O)C(NS(=O)(=O)c2ccc3cc(OC4CCCC4)ccc3c2)C(F)(F)c2ccc(OC3CCCCC3)cc2)CC1. The zero-order chi connectivity index (χ0) is 32.3. The number of halogens is 2. The van der Waals surface area contributed by atoms with Crippen LogP contribution in [0, 0.1) is 0 Å². The largest absolute Gasteiger partial charge is 0.490 e. The fourth-order valence-corrected chi connectivity index (χ4v) is 7.97. The van der Waals surface area contributed by atoms with Crippen LogP contribution in [0.25, 0.3) is 10.8 Å². The zero-order valence-electron chi connectivity index (χ0n) is 26.0. The van der Waals surface area contributed by atoms with Gasteiger partial charge in [-0.25, -0.2) is 8.42 Å². The van der Waals surface area contributed by atoms with Crippen molar-refractivity contribution in [2.75, 3.05) is 13.1 Å². The van der Waals surface area contributed by atoms with Crippen LogP contribution < -0.4 is 19.9 Å². The smallest absolute Gasteiger partial charge is 0.298 e. The lowest BCUT2D eigenvalue weighted by molar-refractivity contribution is -0.145. The van der Waals surface area contributed by atoms with E-state index in [-0.39, 0.29) is 36.2 Å². The molecule has 1 atom stereocenters. The Morgan fingerprint density at radius 2 is 1.33 bits per heavy atom. The van der Waals surface area contributed by atoms with E-state index in [9.17, 15) is 13.2 Å². The summed E-state index contributed by atoms with van der Waals surface area (Å²) in [6, 6.07) is 12.6. The molecule has 0 aromatic heterocycles. The first-order chi connectivity index (χ1) is 22.1. The van der Waals surface area contributed by atoms with Crippen LogP contribution in [0.3, 0.4) is 0 Å². The molecule has 2 aliphatic carbocycles. The minimum absolute atomic E-state index is 0.0417. The van der Waals surface area contributed by atoms with E-state index in [1.807, 2.05) is 6.07 Å². The molecule has 2 saturated carbocycles. The number of nitrogens with two attached hydrogens (primary N) is 1. The van der Waals surface area contributed by atoms with Crippen molar-refractivity contribution in [1.82, 2.24) is 9.62 Å². The number of sulfonamides is 1. The lowest BCUT2D eigenvalue weighted by Gasteiger charge is -2.35. The number of fused-ring (bicyclic) bond motifs is 1. The van der Waals surface area contributed by atoms with Crippen molar-refractivity contribution in [2.45, 2.75) is 106 Å². The van der Waals surface area contributed by atoms with Crippen LogP contribution in [-0.4, -0.2) is 56.6 Å². The molecular formula is C35H43F2N3O5S. The third-order valence-corrected chi connectivity index (χ3v) is 10.9. The lowest BCUT2D eigenvalue weighted by atomic mass is 9.97. The van der Waals surface area contributed by atoms with Gasteiger partial charge in [-0.2, -0.15) is 13.5 Å². The van der Waals surface area contributed by atoms with Crippen LogP contribution in [0.1, 0.15) is 76.2 Å². The molecule has 11 heteroatoms. The first-order valence-corrected chi connectivity index (χ1v) is 18.0. The van der Waals surface area contributed by atoms with Gasteiger partial charge in [0.1, 0.15) is 11.5 Å². The number of likely N-dealkylation sites (tertiary alicyclic amines) is 1. The summed E-state index contributed by atoms with van der Waals surface area (Å²) in [5.74, 6) is -3.68. The van der Waals surface area contributed by atoms with Crippen molar-refractivity contribution in [3.63, 3.8) is 0 Å². The van der Waals surface area contributed by atoms with Crippen molar-refractivity contribution < 1.29 is 31.5 Å². The second kappa shape index (κ2) is 13.8. The highest BCUT2D eigenvalue weighted by Crippen LogP contribution is 2.36. The fourth-order valence-electron chi connectivity index (χ4n) is 6.74. The predicted octanol–water partition coefficient (Wildman–Crippen LogP) is 6.26. The number of piperidine rings is 1. The summed E-state index contributed by atoms with van der Waals surface area (Å²) in [6.45, 7) is 0.341. The Morgan fingerprint density at radius 3 is 1.98 bits per heavy atom. The van der Waals surface area contributed by atoms with E-state index in [1.54, 1.807) is 18.2 Å². The number of rotatable bonds is 10. The van der Waals surface area contributed by atoms with Gasteiger partial charge in [0.25, 0.3) is 5.92 Å². The van der Waals surface area contributed by atoms with Gasteiger partial charge >= 0.3 is 0 Å². The maximum Gasteiger partial charge on any atom is 0.298 e. The van der Waals surface area contributed by atoms with Crippen molar-refractivity contribution in [3.05, 3.63) is 66.2 Å². The van der Waals surface area contributed by atoms with E-state index < -0.39 is 33.5 Å². The number of hydrogen-bond donors (Lipinski definition) is 2. The van der Waals surface area contributed by atoms with Gasteiger partial charge in [0.2, 0.25) is 15.9 Å². The molecule has 0 radical (unpaired) electrons. The zero-order valence-corrected chi connectivity index (χ0v) is 26.8. The van der Waals surface area contributed by atoms with Gasteiger partial charge in [0, 0.05) is 24.7 Å². The first kappa shape index (κ1) is 32.7. The van der Waals surface area contributed by atoms with Gasteiger partial charge in [-0.1, -0.05) is 18.6 Å². The van der Waals surface area contributed by atoms with Gasteiger partial charge in [0.15, 0.2) is 6.04 Å². The molecule has 1 heterocycles. The Hall–Kier alpha value is -3.28. The van der Waals surface area contributed by atoms with Crippen molar-refractivity contribution in [3.8, 4) is 11.5 Å². The van der Waals surface area contributed by atoms with E-state index in [0.717, 1.165) is 63.2 Å². The van der Waals surface area contributed by atoms with E-state index in [2.05, 4.69) is 4.72 Å². The summed E-state index contributed by atoms with van der Waals surface area (Å²) in [6.07, 6.45) is 10.5. The topological polar surface area (TPSA) is 111 Å². The molecule has 8 nitrogen and oxygen atoms in total. The second-order valence-electron chi connectivity index (χ2n) is 12.9. The van der Waals surface area contributed by atoms with Crippen LogP contribution in [0.15, 0.2) is 65.6 Å². The first-order valence-electron chi connectivity index (χ1n) is 16.5. The average molecular weight is 656 g/mol. The van der Waals surface area contributed by atoms with Crippen molar-refractivity contribution >= 4 is 26.7 Å². The van der Waals surface area contributed by atoms with Gasteiger partial charge in [-0.15, -0.1) is 0 Å². The van der Waals surface area contributed by atoms with Crippen LogP contribution in [0.2, 0.25) is 0 Å². The summed E-state index contributed by atoms with van der Waals surface area (Å²) in [4.78, 5) is 14.8. The molecule has 248 valence electrons. The Kier molecular flexibility index (Phi) is 9.82. The Labute approximate surface area is 269 Å². The number of benzene rings is 3. The van der Waals surface area contributed by atoms with Crippen molar-refractivity contribution in [1.29, 1.82) is 0 Å². The minimum atomic E-state index is -4.55. The number of carbonyl (C=O) groups excluding carboxylic acids is 1. The molecule has 1 amide bonds. The minimum Gasteiger partial charge on any atom is -0.490 e. The highest BCUT2D eigenvalue weighted by Gasteiger charge is 2.50. The third kappa shape index (κ3) is 7.47. The molecule has 3 aromatic rings. The van der Waals surface area contributed by atoms with Crippen LogP contribution in [0.4, 0.5) is 8.78 Å². The summed E-state index contributed by atoms with van der Waals surface area (Å²) in [5.41, 5.74) is 5.51. The number of hydrogen-bond acceptors (Lipinski definition) is 6. The van der Waals surface area contributed by atoms with E-state index in [0.29, 0.717) is 29.7 Å². The maximum atomic E-state index is 16.3. The molecule has 46 heavy (non-hydrogen) atoms. The normalized spacial score (nSPS) is 19.8. The Balaban J connectivity index is 1.25. The molecule has 3 N–H and O–H groups in total. The van der Waals surface area contributed by atoms with E-state index in [1.165, 1.54) is 41.3 Å². The molecule has 0 spiro atoms. The monoisotopic (exact) mass is 655 g/mol. The highest BCUT2D eigenvalue weighted by atomic mass is 32.2. The van der Waals surface area contributed by atoms with E-state index in [4.69, 9.17) is 15.2 Å². The molecule has 6 rings (SSSR count). The van der Waals surface area contributed by atoms with Gasteiger partial charge in [0.05, 0.1) is 17.1 Å². The third-order valence-electron chi connectivity index (χ3n) is 9.53. The molecule has 3 aromatic carbocycles. The number of nitrogens with one attached hydrogen (secondary N) is 1. The molecule has 3 aliphatic rings. The summed E-state index contributed by atoms with van der Waals surface area (Å²) >= 11 is 0. The number of carbonyl (C=O) groups is 1. The molecule has 1 unspecified atom stereocenters. The van der Waals surface area contributed by atoms with Gasteiger partial charge < -0.3 is 20.1 Å². The number of nitrogens with zero attached hydrogens (tertiary/aromatic N) is 1. The summed E-state index contributed by atoms with van der Waals surface area (Å²) < 4.78 is 74.3. The van der Waals surface area contributed by atoms with Crippen LogP contribution in [-0.2, 0) is 20.7 Å². The predicted molar refractivity (Wildman–Crippen MR) is 173 cm³/mol. The van der Waals surface area contributed by atoms with Crippen LogP contribution >= 0.6 is 0 Å².